The van der Waals surface area contributed by atoms with Crippen LogP contribution >= 0.6 is 12.2 Å². The molecule has 0 aromatic heterocycles. The van der Waals surface area contributed by atoms with Gasteiger partial charge >= 0.3 is 29.9 Å². The summed E-state index contributed by atoms with van der Waals surface area (Å²) in [4.78, 5) is 10.7. The smallest absolute Gasteiger partial charge is 0.364 e. The van der Waals surface area contributed by atoms with Crippen LogP contribution in [0.15, 0.2) is 0 Å². The number of amides is 1. The number of hydrogen-bond donors (Lipinski definition) is 3. The number of thiocarbonyl (C=S) groups is 1. The second-order valence-corrected chi connectivity index (χ2v) is 3.79. The Morgan fingerprint density at radius 3 is 1.62 bits per heavy atom. The van der Waals surface area contributed by atoms with Gasteiger partial charge in [-0.25, -0.2) is 0 Å². The van der Waals surface area contributed by atoms with E-state index in [2.05, 4.69) is 12.2 Å². The molecule has 0 radical (unpaired) electrons. The van der Waals surface area contributed by atoms with Crippen LogP contribution in [-0.4, -0.2) is 42.0 Å². The molecule has 124 valence electrons. The molecule has 0 heterocycles. The van der Waals surface area contributed by atoms with Crippen molar-refractivity contribution < 1.29 is 44.3 Å². The highest BCUT2D eigenvalue weighted by molar-refractivity contribution is 7.80. The molecule has 0 atom stereocenters. The summed E-state index contributed by atoms with van der Waals surface area (Å²) in [6, 6.07) is 0. The Morgan fingerprint density at radius 1 is 0.857 bits per heavy atom. The van der Waals surface area contributed by atoms with Crippen LogP contribution < -0.4 is 16.2 Å². The Morgan fingerprint density at radius 2 is 1.29 bits per heavy atom. The zero-order chi connectivity index (χ0) is 17.3. The molecule has 0 rings (SSSR count). The van der Waals surface area contributed by atoms with Crippen molar-refractivity contribution >= 4 is 23.2 Å². The number of hydrogen-bond acceptors (Lipinski definition) is 2. The number of carbonyl (C=O) groups is 1. The van der Waals surface area contributed by atoms with E-state index in [0.29, 0.717) is 0 Å². The average molecular weight is 351 g/mol. The summed E-state index contributed by atoms with van der Waals surface area (Å²) in [6.45, 7) is 0. The van der Waals surface area contributed by atoms with Crippen molar-refractivity contribution in [3.05, 3.63) is 0 Å². The van der Waals surface area contributed by atoms with Crippen LogP contribution in [0.25, 0.3) is 0 Å². The Balaban J connectivity index is 5.38. The van der Waals surface area contributed by atoms with Crippen molar-refractivity contribution in [1.82, 2.24) is 16.2 Å². The third-order valence-electron chi connectivity index (χ3n) is 1.95. The van der Waals surface area contributed by atoms with E-state index < -0.39 is 35.0 Å². The van der Waals surface area contributed by atoms with Gasteiger partial charge in [0.1, 0.15) is 0 Å². The summed E-state index contributed by atoms with van der Waals surface area (Å²) in [5.41, 5.74) is 2.16. The molecule has 0 aromatic rings. The third kappa shape index (κ3) is 3.41. The topological polar surface area (TPSA) is 53.2 Å². The van der Waals surface area contributed by atoms with Gasteiger partial charge in [0.05, 0.1) is 0 Å². The zero-order valence-corrected chi connectivity index (χ0v) is 10.5. The lowest BCUT2D eigenvalue weighted by atomic mass is 10.0. The summed E-state index contributed by atoms with van der Waals surface area (Å²) in [5.74, 6) is -23.7. The van der Waals surface area contributed by atoms with Crippen LogP contribution in [0.1, 0.15) is 0 Å². The van der Waals surface area contributed by atoms with E-state index in [1.807, 2.05) is 5.32 Å². The van der Waals surface area contributed by atoms with Crippen molar-refractivity contribution in [2.24, 2.45) is 0 Å². The quantitative estimate of drug-likeness (QED) is 0.411. The van der Waals surface area contributed by atoms with Crippen LogP contribution in [0.4, 0.5) is 39.5 Å². The van der Waals surface area contributed by atoms with Crippen molar-refractivity contribution in [3.8, 4) is 0 Å². The summed E-state index contributed by atoms with van der Waals surface area (Å²) in [7, 11) is 1.10. The number of nitrogens with one attached hydrogen (secondary N) is 3. The van der Waals surface area contributed by atoms with Gasteiger partial charge < -0.3 is 5.32 Å². The fourth-order valence-corrected chi connectivity index (χ4v) is 0.823. The molecule has 0 saturated heterocycles. The molecule has 14 heteroatoms. The second kappa shape index (κ2) is 5.73. The SMILES string of the molecule is CNC(=S)NNC(=O)C(F)(F)C(F)(F)C(F)(F)C(F)(F)F. The van der Waals surface area contributed by atoms with Crippen molar-refractivity contribution in [2.45, 2.75) is 23.9 Å². The van der Waals surface area contributed by atoms with Crippen molar-refractivity contribution in [1.29, 1.82) is 0 Å². The molecule has 0 aliphatic heterocycles. The van der Waals surface area contributed by atoms with Gasteiger partial charge in [-0.2, -0.15) is 39.5 Å². The Hall–Kier alpha value is -1.47. The van der Waals surface area contributed by atoms with Gasteiger partial charge in [-0.05, 0) is 12.2 Å². The summed E-state index contributed by atoms with van der Waals surface area (Å²) >= 11 is 4.23. The van der Waals surface area contributed by atoms with Crippen LogP contribution in [0.5, 0.6) is 0 Å². The summed E-state index contributed by atoms with van der Waals surface area (Å²) in [6.07, 6.45) is -6.99. The van der Waals surface area contributed by atoms with Gasteiger partial charge in [0.25, 0.3) is 0 Å². The second-order valence-electron chi connectivity index (χ2n) is 3.38. The number of hydrazine groups is 1. The molecule has 0 aromatic carbocycles. The molecule has 0 fully saturated rings. The van der Waals surface area contributed by atoms with Gasteiger partial charge in [-0.3, -0.25) is 15.6 Å². The molecule has 0 unspecified atom stereocenters. The highest BCUT2D eigenvalue weighted by Crippen LogP contribution is 2.52. The van der Waals surface area contributed by atoms with E-state index in [1.165, 1.54) is 5.43 Å². The van der Waals surface area contributed by atoms with Crippen LogP contribution in [0, 0.1) is 0 Å². The highest BCUT2D eigenvalue weighted by Gasteiger charge is 2.83. The summed E-state index contributed by atoms with van der Waals surface area (Å²) < 4.78 is 112. The number of halogens is 9. The predicted octanol–water partition coefficient (Wildman–Crippen LogP) is 1.58. The first-order chi connectivity index (χ1) is 9.13. The van der Waals surface area contributed by atoms with Crippen LogP contribution in [-0.2, 0) is 4.79 Å². The van der Waals surface area contributed by atoms with E-state index in [0.717, 1.165) is 12.5 Å². The predicted molar refractivity (Wildman–Crippen MR) is 53.8 cm³/mol. The first-order valence-electron chi connectivity index (χ1n) is 4.61. The maximum atomic E-state index is 12.9. The molecule has 1 amide bonds. The first-order valence-corrected chi connectivity index (χ1v) is 5.02. The van der Waals surface area contributed by atoms with Gasteiger partial charge in [-0.1, -0.05) is 0 Å². The average Bonchev–Trinajstić information content (AvgIpc) is 2.33. The van der Waals surface area contributed by atoms with Crippen molar-refractivity contribution in [2.75, 3.05) is 7.05 Å². The molecule has 3 N–H and O–H groups in total. The monoisotopic (exact) mass is 351 g/mol. The van der Waals surface area contributed by atoms with Crippen LogP contribution in [0.3, 0.4) is 0 Å². The number of alkyl halides is 9. The lowest BCUT2D eigenvalue weighted by molar-refractivity contribution is -0.388. The lowest BCUT2D eigenvalue weighted by Crippen LogP contribution is -2.66. The minimum absolute atomic E-state index is 0.593. The molecular formula is C7H6F9N3OS. The normalized spacial score (nSPS) is 13.6. The minimum atomic E-state index is -7.13. The molecule has 0 bridgehead atoms. The molecule has 0 spiro atoms. The molecule has 0 aliphatic rings. The number of rotatable bonds is 3. The zero-order valence-electron chi connectivity index (χ0n) is 9.72. The van der Waals surface area contributed by atoms with Gasteiger partial charge in [0.15, 0.2) is 5.11 Å². The Kier molecular flexibility index (Phi) is 5.33. The Labute approximate surface area is 116 Å². The molecule has 21 heavy (non-hydrogen) atoms. The highest BCUT2D eigenvalue weighted by atomic mass is 32.1. The maximum Gasteiger partial charge on any atom is 0.460 e. The lowest BCUT2D eigenvalue weighted by Gasteiger charge is -2.32. The summed E-state index contributed by atoms with van der Waals surface area (Å²) in [5, 5.41) is 1.42. The van der Waals surface area contributed by atoms with Gasteiger partial charge in [0, 0.05) is 7.05 Å². The largest absolute Gasteiger partial charge is 0.460 e. The molecule has 0 aliphatic carbocycles. The molecule has 4 nitrogen and oxygen atoms in total. The number of carbonyl (C=O) groups excluding carboxylic acids is 1. The van der Waals surface area contributed by atoms with E-state index in [1.54, 1.807) is 0 Å². The maximum absolute atomic E-state index is 12.9. The fourth-order valence-electron chi connectivity index (χ4n) is 0.772. The van der Waals surface area contributed by atoms with E-state index in [9.17, 15) is 44.3 Å². The molecular weight excluding hydrogens is 345 g/mol. The fraction of sp³-hybridized carbons (Fsp3) is 0.714. The molecule has 0 saturated carbocycles. The minimum Gasteiger partial charge on any atom is -0.364 e. The van der Waals surface area contributed by atoms with E-state index in [-0.39, 0.29) is 0 Å². The van der Waals surface area contributed by atoms with E-state index in [4.69, 9.17) is 0 Å². The third-order valence-corrected chi connectivity index (χ3v) is 2.25. The van der Waals surface area contributed by atoms with Crippen molar-refractivity contribution in [3.63, 3.8) is 0 Å². The van der Waals surface area contributed by atoms with Gasteiger partial charge in [-0.15, -0.1) is 0 Å². The van der Waals surface area contributed by atoms with E-state index >= 15 is 0 Å². The van der Waals surface area contributed by atoms with Crippen LogP contribution in [0.2, 0.25) is 0 Å². The standard InChI is InChI=1S/C7H6F9N3OS/c1-17-3(21)19-18-2(20)4(8,9)5(10,11)6(12,13)7(14,15)16/h1H3,(H,18,20)(H2,17,19,21). The van der Waals surface area contributed by atoms with Gasteiger partial charge in [0.2, 0.25) is 0 Å². The first kappa shape index (κ1) is 19.5. The Bertz CT molecular complexity index is 422.